The van der Waals surface area contributed by atoms with E-state index in [1.54, 1.807) is 10.7 Å². The molecular weight excluding hydrogens is 302 g/mol. The molecule has 0 fully saturated rings. The molecule has 1 heterocycles. The lowest BCUT2D eigenvalue weighted by molar-refractivity contribution is -0.133. The molecule has 130 valence electrons. The molecule has 0 saturated carbocycles. The molecule has 2 aromatic rings. The van der Waals surface area contributed by atoms with Crippen molar-refractivity contribution in [3.63, 3.8) is 0 Å². The number of carbonyl (C=O) groups is 1. The number of amides is 1. The first kappa shape index (κ1) is 18.2. The van der Waals surface area contributed by atoms with E-state index in [0.717, 1.165) is 31.3 Å². The highest BCUT2D eigenvalue weighted by Gasteiger charge is 2.18. The predicted octanol–water partition coefficient (Wildman–Crippen LogP) is 3.21. The van der Waals surface area contributed by atoms with Gasteiger partial charge < -0.3 is 4.90 Å². The van der Waals surface area contributed by atoms with Crippen LogP contribution in [0.25, 0.3) is 10.9 Å². The van der Waals surface area contributed by atoms with Gasteiger partial charge in [0.1, 0.15) is 0 Å². The van der Waals surface area contributed by atoms with Crippen molar-refractivity contribution in [2.45, 2.75) is 59.0 Å². The zero-order valence-corrected chi connectivity index (χ0v) is 14.9. The Kier molecular flexibility index (Phi) is 6.53. The molecular formula is C19H27N3O2. The van der Waals surface area contributed by atoms with Gasteiger partial charge in [0.05, 0.1) is 18.3 Å². The van der Waals surface area contributed by atoms with Crippen LogP contribution in [0.4, 0.5) is 0 Å². The number of unbranched alkanes of at least 4 members (excludes halogenated alkanes) is 1. The molecule has 0 radical (unpaired) electrons. The maximum Gasteiger partial charge on any atom is 0.224 e. The van der Waals surface area contributed by atoms with Crippen LogP contribution >= 0.6 is 0 Å². The number of rotatable bonds is 8. The smallest absolute Gasteiger partial charge is 0.224 e. The lowest BCUT2D eigenvalue weighted by atomic mass is 10.1. The van der Waals surface area contributed by atoms with Crippen molar-refractivity contribution < 1.29 is 4.79 Å². The fourth-order valence-corrected chi connectivity index (χ4v) is 2.82. The minimum Gasteiger partial charge on any atom is -0.340 e. The Bertz CT molecular complexity index is 739. The Hall–Kier alpha value is -2.17. The molecule has 1 amide bonds. The first-order chi connectivity index (χ1) is 11.6. The number of nitrogens with zero attached hydrogens (tertiary/aromatic N) is 3. The summed E-state index contributed by atoms with van der Waals surface area (Å²) in [6, 6.07) is 7.65. The van der Waals surface area contributed by atoms with Gasteiger partial charge in [-0.25, -0.2) is 0 Å². The second-order valence-electron chi connectivity index (χ2n) is 6.20. The van der Waals surface area contributed by atoms with Crippen molar-refractivity contribution >= 4 is 16.8 Å². The van der Waals surface area contributed by atoms with Crippen LogP contribution in [-0.2, 0) is 11.3 Å². The van der Waals surface area contributed by atoms with E-state index in [2.05, 4.69) is 25.9 Å². The van der Waals surface area contributed by atoms with Crippen molar-refractivity contribution in [3.8, 4) is 0 Å². The molecule has 0 saturated heterocycles. The van der Waals surface area contributed by atoms with E-state index in [4.69, 9.17) is 0 Å². The van der Waals surface area contributed by atoms with Crippen LogP contribution in [0.5, 0.6) is 0 Å². The van der Waals surface area contributed by atoms with E-state index in [0.29, 0.717) is 18.4 Å². The standard InChI is InChI=1S/C19H27N3O2/c1-4-6-12-21(15(3)5-2)19(24)11-13-22-17-10-8-7-9-16(17)18(23)14-20-22/h7-10,14-15H,4-6,11-13H2,1-3H3. The van der Waals surface area contributed by atoms with Gasteiger partial charge in [-0.05, 0) is 31.9 Å². The van der Waals surface area contributed by atoms with Gasteiger partial charge in [0.15, 0.2) is 0 Å². The summed E-state index contributed by atoms with van der Waals surface area (Å²) in [6.45, 7) is 7.63. The van der Waals surface area contributed by atoms with Crippen LogP contribution in [0.1, 0.15) is 46.5 Å². The van der Waals surface area contributed by atoms with E-state index in [1.165, 1.54) is 6.20 Å². The number of aromatic nitrogens is 2. The Morgan fingerprint density at radius 1 is 1.29 bits per heavy atom. The summed E-state index contributed by atoms with van der Waals surface area (Å²) in [7, 11) is 0. The molecule has 1 aromatic heterocycles. The highest BCUT2D eigenvalue weighted by Crippen LogP contribution is 2.11. The van der Waals surface area contributed by atoms with Gasteiger partial charge in [-0.1, -0.05) is 32.4 Å². The molecule has 0 N–H and O–H groups in total. The van der Waals surface area contributed by atoms with Gasteiger partial charge in [0, 0.05) is 24.4 Å². The number of benzene rings is 1. The van der Waals surface area contributed by atoms with E-state index in [1.807, 2.05) is 23.1 Å². The zero-order valence-electron chi connectivity index (χ0n) is 14.9. The Morgan fingerprint density at radius 2 is 2.04 bits per heavy atom. The Balaban J connectivity index is 2.13. The second-order valence-corrected chi connectivity index (χ2v) is 6.20. The summed E-state index contributed by atoms with van der Waals surface area (Å²) >= 11 is 0. The summed E-state index contributed by atoms with van der Waals surface area (Å²) in [5, 5.41) is 4.84. The number of para-hydroxylation sites is 1. The highest BCUT2D eigenvalue weighted by atomic mass is 16.2. The fraction of sp³-hybridized carbons (Fsp3) is 0.526. The number of fused-ring (bicyclic) bond motifs is 1. The van der Waals surface area contributed by atoms with Gasteiger partial charge in [0.25, 0.3) is 0 Å². The second kappa shape index (κ2) is 8.62. The number of aryl methyl sites for hydroxylation is 1. The zero-order chi connectivity index (χ0) is 17.5. The molecule has 1 aromatic carbocycles. The Labute approximate surface area is 143 Å². The lowest BCUT2D eigenvalue weighted by Crippen LogP contribution is -2.39. The van der Waals surface area contributed by atoms with Crippen molar-refractivity contribution in [2.75, 3.05) is 6.54 Å². The molecule has 2 rings (SSSR count). The van der Waals surface area contributed by atoms with Crippen LogP contribution in [0.15, 0.2) is 35.3 Å². The molecule has 0 spiro atoms. The molecule has 24 heavy (non-hydrogen) atoms. The van der Waals surface area contributed by atoms with Crippen molar-refractivity contribution in [3.05, 3.63) is 40.7 Å². The summed E-state index contributed by atoms with van der Waals surface area (Å²) < 4.78 is 1.75. The van der Waals surface area contributed by atoms with Crippen molar-refractivity contribution in [2.24, 2.45) is 0 Å². The number of hydrogen-bond donors (Lipinski definition) is 0. The Morgan fingerprint density at radius 3 is 2.75 bits per heavy atom. The third-order valence-corrected chi connectivity index (χ3v) is 4.50. The lowest BCUT2D eigenvalue weighted by Gasteiger charge is -2.29. The summed E-state index contributed by atoms with van der Waals surface area (Å²) in [6.07, 6.45) is 4.78. The number of carbonyl (C=O) groups excluding carboxylic acids is 1. The normalized spacial score (nSPS) is 12.3. The van der Waals surface area contributed by atoms with Crippen molar-refractivity contribution in [1.82, 2.24) is 14.7 Å². The predicted molar refractivity (Wildman–Crippen MR) is 97.0 cm³/mol. The van der Waals surface area contributed by atoms with E-state index < -0.39 is 0 Å². The molecule has 0 aliphatic heterocycles. The summed E-state index contributed by atoms with van der Waals surface area (Å²) in [5.74, 6) is 0.155. The first-order valence-electron chi connectivity index (χ1n) is 8.82. The molecule has 1 atom stereocenters. The van der Waals surface area contributed by atoms with Gasteiger partial charge >= 0.3 is 0 Å². The van der Waals surface area contributed by atoms with E-state index in [-0.39, 0.29) is 17.4 Å². The van der Waals surface area contributed by atoms with Crippen LogP contribution in [0, 0.1) is 0 Å². The maximum absolute atomic E-state index is 12.6. The maximum atomic E-state index is 12.6. The molecule has 0 bridgehead atoms. The van der Waals surface area contributed by atoms with E-state index in [9.17, 15) is 9.59 Å². The SMILES string of the molecule is CCCCN(C(=O)CCn1ncc(=O)c2ccccc21)C(C)CC. The van der Waals surface area contributed by atoms with Gasteiger partial charge in [-0.2, -0.15) is 5.10 Å². The number of hydrogen-bond acceptors (Lipinski definition) is 3. The van der Waals surface area contributed by atoms with Crippen LogP contribution in [0.3, 0.4) is 0 Å². The monoisotopic (exact) mass is 329 g/mol. The quantitative estimate of drug-likeness (QED) is 0.747. The largest absolute Gasteiger partial charge is 0.340 e. The molecule has 5 heteroatoms. The topological polar surface area (TPSA) is 55.2 Å². The molecule has 1 unspecified atom stereocenters. The van der Waals surface area contributed by atoms with Crippen molar-refractivity contribution in [1.29, 1.82) is 0 Å². The fourth-order valence-electron chi connectivity index (χ4n) is 2.82. The van der Waals surface area contributed by atoms with Gasteiger partial charge in [0.2, 0.25) is 11.3 Å². The average Bonchev–Trinajstić information content (AvgIpc) is 2.61. The average molecular weight is 329 g/mol. The van der Waals surface area contributed by atoms with Crippen LogP contribution in [-0.4, -0.2) is 33.2 Å². The molecule has 0 aliphatic rings. The van der Waals surface area contributed by atoms with Crippen LogP contribution < -0.4 is 5.43 Å². The van der Waals surface area contributed by atoms with E-state index >= 15 is 0 Å². The highest BCUT2D eigenvalue weighted by molar-refractivity contribution is 5.79. The first-order valence-corrected chi connectivity index (χ1v) is 8.82. The van der Waals surface area contributed by atoms with Gasteiger partial charge in [-0.15, -0.1) is 0 Å². The third-order valence-electron chi connectivity index (χ3n) is 4.50. The van der Waals surface area contributed by atoms with Crippen LogP contribution in [0.2, 0.25) is 0 Å². The third kappa shape index (κ3) is 4.22. The molecule has 5 nitrogen and oxygen atoms in total. The summed E-state index contributed by atoms with van der Waals surface area (Å²) in [5.41, 5.74) is 0.693. The van der Waals surface area contributed by atoms with Gasteiger partial charge in [-0.3, -0.25) is 14.3 Å². The minimum absolute atomic E-state index is 0.0858. The molecule has 0 aliphatic carbocycles. The summed E-state index contributed by atoms with van der Waals surface area (Å²) in [4.78, 5) is 26.5. The minimum atomic E-state index is -0.0858.